The molecule has 7 nitrogen and oxygen atoms in total. The summed E-state index contributed by atoms with van der Waals surface area (Å²) in [5, 5.41) is 15.4. The third-order valence-corrected chi connectivity index (χ3v) is 0.341. The molecule has 0 atom stereocenters. The Hall–Kier alpha value is -1.79. The van der Waals surface area contributed by atoms with E-state index in [1.165, 1.54) is 0 Å². The summed E-state index contributed by atoms with van der Waals surface area (Å²) in [6.45, 7) is 0. The number of carbonyl (C=O) groups is 3. The van der Waals surface area contributed by atoms with E-state index in [1.807, 2.05) is 0 Å². The van der Waals surface area contributed by atoms with Crippen LogP contribution < -0.4 is 0 Å². The molecule has 0 aliphatic heterocycles. The van der Waals surface area contributed by atoms with Gasteiger partial charge in [-0.05, 0) is 0 Å². The maximum Gasteiger partial charge on any atom is 0.528 e. The fourth-order valence-corrected chi connectivity index (χ4v) is 0.163. The average Bonchev–Trinajstić information content (AvgIpc) is 1.58. The van der Waals surface area contributed by atoms with Crippen LogP contribution in [0.5, 0.6) is 0 Å². The molecule has 0 amide bonds. The molecule has 0 unspecified atom stereocenters. The fraction of sp³-hybridized carbons (Fsp3) is 0. The van der Waals surface area contributed by atoms with Gasteiger partial charge < -0.3 is 19.7 Å². The Balaban J connectivity index is 3.65. The first kappa shape index (κ1) is 8.21. The van der Waals surface area contributed by atoms with Gasteiger partial charge in [0.1, 0.15) is 0 Å². The van der Waals surface area contributed by atoms with Crippen LogP contribution in [-0.4, -0.2) is 28.7 Å². The van der Waals surface area contributed by atoms with Crippen LogP contribution >= 0.6 is 0 Å². The third-order valence-electron chi connectivity index (χ3n) is 0.341. The largest absolute Gasteiger partial charge is 0.528 e. The van der Waals surface area contributed by atoms with Gasteiger partial charge in [0.2, 0.25) is 0 Å². The molecule has 0 aliphatic carbocycles. The summed E-state index contributed by atoms with van der Waals surface area (Å²) in [5.41, 5.74) is 0. The van der Waals surface area contributed by atoms with Crippen molar-refractivity contribution in [1.82, 2.24) is 0 Å². The van der Waals surface area contributed by atoms with Crippen molar-refractivity contribution >= 4 is 18.5 Å². The molecule has 0 aromatic carbocycles. The minimum atomic E-state index is -1.92. The molecule has 0 bridgehead atoms. The second-order valence-corrected chi connectivity index (χ2v) is 0.986. The van der Waals surface area contributed by atoms with Crippen LogP contribution in [-0.2, 0) is 9.47 Å². The van der Waals surface area contributed by atoms with Crippen LogP contribution in [0.25, 0.3) is 0 Å². The number of hydrogen-bond acceptors (Lipinski definition) is 5. The molecule has 0 radical (unpaired) electrons. The zero-order valence-electron chi connectivity index (χ0n) is 4.44. The molecule has 0 rings (SSSR count). The SMILES string of the molecule is O=C(O)OC(=O)OC(=O)O. The lowest BCUT2D eigenvalue weighted by molar-refractivity contribution is 0.0549. The third kappa shape index (κ3) is 4.37. The summed E-state index contributed by atoms with van der Waals surface area (Å²) in [5.74, 6) is 0. The molecule has 2 N–H and O–H groups in total. The predicted molar refractivity (Wildman–Crippen MR) is 23.6 cm³/mol. The highest BCUT2D eigenvalue weighted by Gasteiger charge is 2.13. The van der Waals surface area contributed by atoms with Crippen molar-refractivity contribution < 1.29 is 34.1 Å². The lowest BCUT2D eigenvalue weighted by Gasteiger charge is -1.93. The van der Waals surface area contributed by atoms with Crippen LogP contribution in [0.2, 0.25) is 0 Å². The first-order valence-electron chi connectivity index (χ1n) is 1.88. The van der Waals surface area contributed by atoms with Gasteiger partial charge in [0.05, 0.1) is 0 Å². The number of carboxylic acid groups (broad SMARTS) is 2. The topological polar surface area (TPSA) is 110 Å². The van der Waals surface area contributed by atoms with E-state index in [9.17, 15) is 14.4 Å². The maximum absolute atomic E-state index is 9.86. The highest BCUT2D eigenvalue weighted by Crippen LogP contribution is 1.85. The number of ether oxygens (including phenoxy) is 2. The van der Waals surface area contributed by atoms with E-state index in [-0.39, 0.29) is 0 Å². The van der Waals surface area contributed by atoms with Crippen molar-refractivity contribution in [3.05, 3.63) is 0 Å². The first-order chi connectivity index (χ1) is 4.52. The van der Waals surface area contributed by atoms with Crippen molar-refractivity contribution in [2.24, 2.45) is 0 Å². The normalized spacial score (nSPS) is 8.00. The van der Waals surface area contributed by atoms with Gasteiger partial charge in [0, 0.05) is 0 Å². The van der Waals surface area contributed by atoms with E-state index >= 15 is 0 Å². The Morgan fingerprint density at radius 3 is 1.40 bits per heavy atom. The highest BCUT2D eigenvalue weighted by atomic mass is 16.8. The summed E-state index contributed by atoms with van der Waals surface area (Å²) in [6, 6.07) is 0. The van der Waals surface area contributed by atoms with E-state index in [0.717, 1.165) is 0 Å². The van der Waals surface area contributed by atoms with Gasteiger partial charge in [-0.3, -0.25) is 0 Å². The molecule has 0 heterocycles. The Morgan fingerprint density at radius 1 is 0.900 bits per heavy atom. The van der Waals surface area contributed by atoms with E-state index in [0.29, 0.717) is 0 Å². The van der Waals surface area contributed by atoms with Gasteiger partial charge in [-0.25, -0.2) is 14.4 Å². The van der Waals surface area contributed by atoms with Crippen molar-refractivity contribution in [2.75, 3.05) is 0 Å². The lowest BCUT2D eigenvalue weighted by Crippen LogP contribution is -2.14. The molecule has 0 spiro atoms. The Bertz CT molecular complexity index is 152. The molecule has 0 aromatic rings. The molecular weight excluding hydrogens is 148 g/mol. The molecule has 10 heavy (non-hydrogen) atoms. The van der Waals surface area contributed by atoms with Gasteiger partial charge >= 0.3 is 18.5 Å². The molecule has 0 fully saturated rings. The minimum absolute atomic E-state index is 1.79. The molecule has 0 saturated heterocycles. The number of hydrogen-bond donors (Lipinski definition) is 2. The first-order valence-corrected chi connectivity index (χ1v) is 1.88. The monoisotopic (exact) mass is 150 g/mol. The molecule has 0 aliphatic rings. The lowest BCUT2D eigenvalue weighted by atomic mass is 11.2. The van der Waals surface area contributed by atoms with E-state index < -0.39 is 18.5 Å². The highest BCUT2D eigenvalue weighted by molar-refractivity contribution is 5.82. The summed E-state index contributed by atoms with van der Waals surface area (Å²) >= 11 is 0. The van der Waals surface area contributed by atoms with Crippen LogP contribution in [0, 0.1) is 0 Å². The van der Waals surface area contributed by atoms with Gasteiger partial charge in [-0.15, -0.1) is 0 Å². The fourth-order valence-electron chi connectivity index (χ4n) is 0.163. The second kappa shape index (κ2) is 3.28. The van der Waals surface area contributed by atoms with Crippen molar-refractivity contribution in [2.45, 2.75) is 0 Å². The zero-order chi connectivity index (χ0) is 8.15. The molecular formula is C3H2O7. The van der Waals surface area contributed by atoms with Crippen molar-refractivity contribution in [3.8, 4) is 0 Å². The van der Waals surface area contributed by atoms with Crippen molar-refractivity contribution in [3.63, 3.8) is 0 Å². The zero-order valence-corrected chi connectivity index (χ0v) is 4.44. The standard InChI is InChI=1S/C3H2O7/c4-1(5)9-3(8)10-2(6)7/h(H,4,5)(H,6,7). The quantitative estimate of drug-likeness (QED) is 0.382. The van der Waals surface area contributed by atoms with Gasteiger partial charge in [-0.1, -0.05) is 0 Å². The van der Waals surface area contributed by atoms with Crippen LogP contribution in [0.4, 0.5) is 14.4 Å². The summed E-state index contributed by atoms with van der Waals surface area (Å²) in [6.07, 6.45) is -5.64. The summed E-state index contributed by atoms with van der Waals surface area (Å²) < 4.78 is 6.47. The Labute approximate surface area is 53.8 Å². The number of carbonyl (C=O) groups excluding carboxylic acids is 1. The summed E-state index contributed by atoms with van der Waals surface area (Å²) in [4.78, 5) is 28.8. The van der Waals surface area contributed by atoms with Gasteiger partial charge in [0.15, 0.2) is 0 Å². The van der Waals surface area contributed by atoms with E-state index in [2.05, 4.69) is 9.47 Å². The minimum Gasteiger partial charge on any atom is -0.449 e. The van der Waals surface area contributed by atoms with Crippen LogP contribution in [0.15, 0.2) is 0 Å². The van der Waals surface area contributed by atoms with Crippen LogP contribution in [0.1, 0.15) is 0 Å². The van der Waals surface area contributed by atoms with Gasteiger partial charge in [-0.2, -0.15) is 0 Å². The summed E-state index contributed by atoms with van der Waals surface area (Å²) in [7, 11) is 0. The predicted octanol–water partition coefficient (Wildman–Crippen LogP) is 0.496. The average molecular weight is 150 g/mol. The van der Waals surface area contributed by atoms with Crippen LogP contribution in [0.3, 0.4) is 0 Å². The molecule has 0 aromatic heterocycles. The van der Waals surface area contributed by atoms with E-state index in [1.54, 1.807) is 0 Å². The molecule has 7 heteroatoms. The smallest absolute Gasteiger partial charge is 0.449 e. The van der Waals surface area contributed by atoms with Gasteiger partial charge in [0.25, 0.3) is 0 Å². The van der Waals surface area contributed by atoms with Crippen molar-refractivity contribution in [1.29, 1.82) is 0 Å². The molecule has 0 saturated carbocycles. The Morgan fingerprint density at radius 2 is 1.20 bits per heavy atom. The maximum atomic E-state index is 9.86. The number of rotatable bonds is 0. The Kier molecular flexibility index (Phi) is 2.69. The van der Waals surface area contributed by atoms with E-state index in [4.69, 9.17) is 10.2 Å². The second-order valence-electron chi connectivity index (χ2n) is 0.986. The molecule has 56 valence electrons.